The van der Waals surface area contributed by atoms with Gasteiger partial charge >= 0.3 is 0 Å². The summed E-state index contributed by atoms with van der Waals surface area (Å²) in [5.41, 5.74) is 1.28. The topological polar surface area (TPSA) is 29.5 Å². The molecular formula is C14H22O2S. The normalized spacial score (nSPS) is 10.7. The molecule has 0 unspecified atom stereocenters. The lowest BCUT2D eigenvalue weighted by molar-refractivity contribution is 0.281. The summed E-state index contributed by atoms with van der Waals surface area (Å²) in [7, 11) is 0. The third kappa shape index (κ3) is 7.42. The van der Waals surface area contributed by atoms with E-state index in [1.165, 1.54) is 30.4 Å². The Bertz CT molecular complexity index is 285. The van der Waals surface area contributed by atoms with Gasteiger partial charge in [-0.1, -0.05) is 37.0 Å². The first-order valence-corrected chi connectivity index (χ1v) is 7.04. The van der Waals surface area contributed by atoms with Gasteiger partial charge in [-0.25, -0.2) is 0 Å². The second-order valence-corrected chi connectivity index (χ2v) is 5.08. The van der Waals surface area contributed by atoms with E-state index in [-0.39, 0.29) is 0 Å². The highest BCUT2D eigenvalue weighted by atomic mass is 32.2. The molecule has 0 heterocycles. The van der Waals surface area contributed by atoms with Gasteiger partial charge in [-0.3, -0.25) is 0 Å². The van der Waals surface area contributed by atoms with E-state index < -0.39 is 0 Å². The van der Waals surface area contributed by atoms with Crippen LogP contribution in [0.4, 0.5) is 0 Å². The fraction of sp³-hybridized carbons (Fsp3) is 0.571. The first kappa shape index (κ1) is 14.6. The fourth-order valence-electron chi connectivity index (χ4n) is 1.51. The summed E-state index contributed by atoms with van der Waals surface area (Å²) < 4.78 is 5.53. The van der Waals surface area contributed by atoms with Gasteiger partial charge in [0.25, 0.3) is 0 Å². The lowest BCUT2D eigenvalue weighted by atomic mass is 10.2. The molecule has 0 radical (unpaired) electrons. The Morgan fingerprint density at radius 1 is 1.00 bits per heavy atom. The van der Waals surface area contributed by atoms with Gasteiger partial charge in [0.15, 0.2) is 0 Å². The number of rotatable bonds is 9. The van der Waals surface area contributed by atoms with E-state index >= 15 is 0 Å². The minimum Gasteiger partial charge on any atom is -0.396 e. The van der Waals surface area contributed by atoms with Crippen LogP contribution >= 0.6 is 12.0 Å². The van der Waals surface area contributed by atoms with Gasteiger partial charge in [-0.05, 0) is 31.9 Å². The zero-order chi connectivity index (χ0) is 12.3. The van der Waals surface area contributed by atoms with Crippen molar-refractivity contribution >= 4 is 12.0 Å². The summed E-state index contributed by atoms with van der Waals surface area (Å²) in [5.74, 6) is 0. The fourth-order valence-corrected chi connectivity index (χ4v) is 2.09. The molecule has 0 atom stereocenters. The van der Waals surface area contributed by atoms with Gasteiger partial charge in [0.1, 0.15) is 0 Å². The molecule has 0 aromatic heterocycles. The van der Waals surface area contributed by atoms with Gasteiger partial charge < -0.3 is 9.29 Å². The van der Waals surface area contributed by atoms with E-state index in [1.54, 1.807) is 0 Å². The van der Waals surface area contributed by atoms with Gasteiger partial charge in [0.05, 0.1) is 6.61 Å². The number of aryl methyl sites for hydroxylation is 1. The van der Waals surface area contributed by atoms with Crippen molar-refractivity contribution in [1.82, 2.24) is 0 Å². The van der Waals surface area contributed by atoms with Crippen molar-refractivity contribution < 1.29 is 9.29 Å². The first-order valence-electron chi connectivity index (χ1n) is 6.30. The number of benzene rings is 1. The molecule has 0 fully saturated rings. The Kier molecular flexibility index (Phi) is 8.14. The van der Waals surface area contributed by atoms with Crippen LogP contribution in [0.25, 0.3) is 0 Å². The van der Waals surface area contributed by atoms with E-state index in [0.29, 0.717) is 6.61 Å². The molecule has 0 aliphatic rings. The predicted octanol–water partition coefficient (Wildman–Crippen LogP) is 3.96. The molecule has 17 heavy (non-hydrogen) atoms. The summed E-state index contributed by atoms with van der Waals surface area (Å²) in [6, 6.07) is 8.36. The molecule has 0 saturated heterocycles. The Morgan fingerprint density at radius 3 is 2.35 bits per heavy atom. The maximum absolute atomic E-state index is 8.62. The number of unbranched alkanes of at least 4 members (excludes halogenated alkanes) is 4. The molecular weight excluding hydrogens is 232 g/mol. The summed E-state index contributed by atoms with van der Waals surface area (Å²) in [4.78, 5) is 1.16. The second-order valence-electron chi connectivity index (χ2n) is 4.21. The van der Waals surface area contributed by atoms with Crippen LogP contribution in [-0.4, -0.2) is 18.3 Å². The van der Waals surface area contributed by atoms with E-state index in [4.69, 9.17) is 9.29 Å². The largest absolute Gasteiger partial charge is 0.396 e. The number of aliphatic hydroxyl groups excluding tert-OH is 1. The van der Waals surface area contributed by atoms with Crippen LogP contribution in [0.2, 0.25) is 0 Å². The van der Waals surface area contributed by atoms with Crippen LogP contribution in [0.1, 0.15) is 37.7 Å². The summed E-state index contributed by atoms with van der Waals surface area (Å²) >= 11 is 1.46. The highest BCUT2D eigenvalue weighted by molar-refractivity contribution is 7.94. The quantitative estimate of drug-likeness (QED) is 0.534. The molecule has 96 valence electrons. The third-order valence-electron chi connectivity index (χ3n) is 2.56. The molecule has 1 aromatic rings. The van der Waals surface area contributed by atoms with Crippen LogP contribution in [-0.2, 0) is 4.18 Å². The zero-order valence-corrected chi connectivity index (χ0v) is 11.3. The van der Waals surface area contributed by atoms with Crippen molar-refractivity contribution in [2.24, 2.45) is 0 Å². The third-order valence-corrected chi connectivity index (χ3v) is 3.31. The molecule has 0 aliphatic carbocycles. The van der Waals surface area contributed by atoms with Crippen molar-refractivity contribution in [3.63, 3.8) is 0 Å². The smallest absolute Gasteiger partial charge is 0.0618 e. The molecule has 0 spiro atoms. The monoisotopic (exact) mass is 254 g/mol. The number of hydrogen-bond donors (Lipinski definition) is 1. The molecule has 1 rings (SSSR count). The summed E-state index contributed by atoms with van der Waals surface area (Å²) in [6.45, 7) is 3.21. The van der Waals surface area contributed by atoms with Crippen molar-refractivity contribution in [3.8, 4) is 0 Å². The lowest BCUT2D eigenvalue weighted by Crippen LogP contribution is -1.89. The minimum atomic E-state index is 0.319. The Morgan fingerprint density at radius 2 is 1.65 bits per heavy atom. The maximum Gasteiger partial charge on any atom is 0.0618 e. The van der Waals surface area contributed by atoms with Crippen molar-refractivity contribution in [2.45, 2.75) is 43.9 Å². The Balaban J connectivity index is 1.95. The van der Waals surface area contributed by atoms with Gasteiger partial charge in [-0.2, -0.15) is 0 Å². The van der Waals surface area contributed by atoms with Crippen LogP contribution in [0.15, 0.2) is 29.2 Å². The van der Waals surface area contributed by atoms with Crippen molar-refractivity contribution in [2.75, 3.05) is 13.2 Å². The molecule has 0 aliphatic heterocycles. The molecule has 2 nitrogen and oxygen atoms in total. The zero-order valence-electron chi connectivity index (χ0n) is 10.5. The van der Waals surface area contributed by atoms with Gasteiger partial charge in [0.2, 0.25) is 0 Å². The average Bonchev–Trinajstić information content (AvgIpc) is 2.35. The SMILES string of the molecule is Cc1ccc(SOCCCCCCCO)cc1. The highest BCUT2D eigenvalue weighted by Gasteiger charge is 1.95. The molecule has 0 saturated carbocycles. The van der Waals surface area contributed by atoms with Crippen LogP contribution < -0.4 is 0 Å². The second kappa shape index (κ2) is 9.51. The average molecular weight is 254 g/mol. The van der Waals surface area contributed by atoms with E-state index in [2.05, 4.69) is 31.2 Å². The standard InChI is InChI=1S/C14H22O2S/c1-13-7-9-14(10-8-13)17-16-12-6-4-2-3-5-11-15/h7-10,15H,2-6,11-12H2,1H3. The molecule has 1 N–H and O–H groups in total. The Labute approximate surface area is 109 Å². The van der Waals surface area contributed by atoms with Crippen molar-refractivity contribution in [3.05, 3.63) is 29.8 Å². The predicted molar refractivity (Wildman–Crippen MR) is 73.2 cm³/mol. The van der Waals surface area contributed by atoms with Crippen molar-refractivity contribution in [1.29, 1.82) is 0 Å². The minimum absolute atomic E-state index is 0.319. The van der Waals surface area contributed by atoms with Gasteiger partial charge in [-0.15, -0.1) is 0 Å². The maximum atomic E-state index is 8.62. The molecule has 0 bridgehead atoms. The summed E-state index contributed by atoms with van der Waals surface area (Å²) in [5, 5.41) is 8.62. The van der Waals surface area contributed by atoms with E-state index in [0.717, 1.165) is 30.8 Å². The first-order chi connectivity index (χ1) is 8.33. The molecule has 1 aromatic carbocycles. The Hall–Kier alpha value is -0.510. The van der Waals surface area contributed by atoms with Crippen LogP contribution in [0.5, 0.6) is 0 Å². The highest BCUT2D eigenvalue weighted by Crippen LogP contribution is 2.19. The van der Waals surface area contributed by atoms with E-state index in [9.17, 15) is 0 Å². The molecule has 0 amide bonds. The van der Waals surface area contributed by atoms with Crippen LogP contribution in [0, 0.1) is 6.92 Å². The van der Waals surface area contributed by atoms with Gasteiger partial charge in [0, 0.05) is 23.5 Å². The van der Waals surface area contributed by atoms with Crippen LogP contribution in [0.3, 0.4) is 0 Å². The number of aliphatic hydroxyl groups is 1. The lowest BCUT2D eigenvalue weighted by Gasteiger charge is -2.03. The van der Waals surface area contributed by atoms with E-state index in [1.807, 2.05) is 0 Å². The molecule has 3 heteroatoms. The summed E-state index contributed by atoms with van der Waals surface area (Å²) in [6.07, 6.45) is 5.54. The number of hydrogen-bond acceptors (Lipinski definition) is 3.